The van der Waals surface area contributed by atoms with E-state index in [1.807, 2.05) is 12.1 Å². The van der Waals surface area contributed by atoms with E-state index >= 15 is 0 Å². The van der Waals surface area contributed by atoms with Crippen molar-refractivity contribution in [3.8, 4) is 0 Å². The Labute approximate surface area is 118 Å². The van der Waals surface area contributed by atoms with Crippen molar-refractivity contribution in [2.45, 2.75) is 32.5 Å². The van der Waals surface area contributed by atoms with Gasteiger partial charge < -0.3 is 4.90 Å². The fourth-order valence-corrected chi connectivity index (χ4v) is 2.52. The normalized spacial score (nSPS) is 12.5. The summed E-state index contributed by atoms with van der Waals surface area (Å²) in [6.07, 6.45) is 1.22. The Bertz CT molecular complexity index is 354. The first-order valence-electron chi connectivity index (χ1n) is 6.21. The number of nitrogens with zero attached hydrogens (tertiary/aromatic N) is 1. The third-order valence-corrected chi connectivity index (χ3v) is 3.98. The number of alkyl halides is 1. The summed E-state index contributed by atoms with van der Waals surface area (Å²) in [4.78, 5) is 2.43. The lowest BCUT2D eigenvalue weighted by Gasteiger charge is -2.28. The molecular formula is C14H21BrClN. The molecule has 1 atom stereocenters. The van der Waals surface area contributed by atoms with Gasteiger partial charge in [0.2, 0.25) is 0 Å². The van der Waals surface area contributed by atoms with Crippen LogP contribution in [-0.4, -0.2) is 13.1 Å². The molecule has 0 heterocycles. The Hall–Kier alpha value is -0.210. The van der Waals surface area contributed by atoms with Gasteiger partial charge in [0, 0.05) is 29.1 Å². The van der Waals surface area contributed by atoms with E-state index in [1.165, 1.54) is 17.7 Å². The molecule has 1 aromatic carbocycles. The summed E-state index contributed by atoms with van der Waals surface area (Å²) in [5.74, 6) is 0.716. The molecule has 3 heteroatoms. The number of anilines is 1. The number of rotatable bonds is 6. The van der Waals surface area contributed by atoms with Crippen molar-refractivity contribution in [2.75, 3.05) is 18.0 Å². The Morgan fingerprint density at radius 3 is 2.59 bits per heavy atom. The summed E-state index contributed by atoms with van der Waals surface area (Å²) in [5.41, 5.74) is 2.57. The molecule has 0 amide bonds. The summed E-state index contributed by atoms with van der Waals surface area (Å²) >= 11 is 9.58. The lowest BCUT2D eigenvalue weighted by Crippen LogP contribution is -2.28. The fourth-order valence-electron chi connectivity index (χ4n) is 1.87. The molecule has 1 unspecified atom stereocenters. The van der Waals surface area contributed by atoms with E-state index in [9.17, 15) is 0 Å². The first kappa shape index (κ1) is 14.8. The molecule has 0 saturated heterocycles. The minimum atomic E-state index is 0.716. The highest BCUT2D eigenvalue weighted by Gasteiger charge is 2.12. The average molecular weight is 319 g/mol. The van der Waals surface area contributed by atoms with Crippen molar-refractivity contribution in [3.05, 3.63) is 28.8 Å². The molecule has 0 fully saturated rings. The minimum absolute atomic E-state index is 0.716. The van der Waals surface area contributed by atoms with Crippen molar-refractivity contribution < 1.29 is 0 Å². The monoisotopic (exact) mass is 317 g/mol. The third-order valence-electron chi connectivity index (χ3n) is 3.14. The van der Waals surface area contributed by atoms with E-state index < -0.39 is 0 Å². The maximum Gasteiger partial charge on any atom is 0.0410 e. The van der Waals surface area contributed by atoms with E-state index in [1.54, 1.807) is 0 Å². The topological polar surface area (TPSA) is 3.24 Å². The zero-order valence-corrected chi connectivity index (χ0v) is 13.2. The van der Waals surface area contributed by atoms with E-state index in [4.69, 9.17) is 11.6 Å². The molecule has 0 aliphatic heterocycles. The van der Waals surface area contributed by atoms with Gasteiger partial charge >= 0.3 is 0 Å². The van der Waals surface area contributed by atoms with Gasteiger partial charge in [0.25, 0.3) is 0 Å². The molecule has 96 valence electrons. The minimum Gasteiger partial charge on any atom is -0.371 e. The summed E-state index contributed by atoms with van der Waals surface area (Å²) < 4.78 is 0. The van der Waals surface area contributed by atoms with Crippen LogP contribution < -0.4 is 4.90 Å². The summed E-state index contributed by atoms with van der Waals surface area (Å²) in [6, 6.07) is 6.15. The standard InChI is InChI=1S/C14H21BrClN/c1-4-11(3)10-17(5-2)14-7-6-13(16)8-12(14)9-15/h6-8,11H,4-5,9-10H2,1-3H3. The molecular weight excluding hydrogens is 298 g/mol. The summed E-state index contributed by atoms with van der Waals surface area (Å²) in [6.45, 7) is 8.88. The van der Waals surface area contributed by atoms with Gasteiger partial charge in [0.1, 0.15) is 0 Å². The fraction of sp³-hybridized carbons (Fsp3) is 0.571. The zero-order valence-electron chi connectivity index (χ0n) is 10.8. The lowest BCUT2D eigenvalue weighted by atomic mass is 10.1. The molecule has 0 N–H and O–H groups in total. The van der Waals surface area contributed by atoms with Crippen molar-refractivity contribution in [1.82, 2.24) is 0 Å². The smallest absolute Gasteiger partial charge is 0.0410 e. The van der Waals surface area contributed by atoms with Crippen LogP contribution in [0.25, 0.3) is 0 Å². The van der Waals surface area contributed by atoms with Crippen LogP contribution in [0.1, 0.15) is 32.8 Å². The molecule has 17 heavy (non-hydrogen) atoms. The highest BCUT2D eigenvalue weighted by atomic mass is 79.9. The van der Waals surface area contributed by atoms with Crippen LogP contribution in [0.3, 0.4) is 0 Å². The van der Waals surface area contributed by atoms with Gasteiger partial charge in [0.15, 0.2) is 0 Å². The quantitative estimate of drug-likeness (QED) is 0.659. The molecule has 0 aliphatic carbocycles. The molecule has 1 aromatic rings. The molecule has 0 bridgehead atoms. The Morgan fingerprint density at radius 1 is 1.35 bits per heavy atom. The molecule has 1 rings (SSSR count). The van der Waals surface area contributed by atoms with Crippen molar-refractivity contribution in [2.24, 2.45) is 5.92 Å². The van der Waals surface area contributed by atoms with E-state index in [0.29, 0.717) is 5.92 Å². The van der Waals surface area contributed by atoms with Crippen molar-refractivity contribution >= 4 is 33.2 Å². The molecule has 0 saturated carbocycles. The van der Waals surface area contributed by atoms with Crippen molar-refractivity contribution in [1.29, 1.82) is 0 Å². The van der Waals surface area contributed by atoms with E-state index in [0.717, 1.165) is 23.4 Å². The molecule has 1 nitrogen and oxygen atoms in total. The second kappa shape index (κ2) is 7.27. The van der Waals surface area contributed by atoms with Crippen LogP contribution in [0.15, 0.2) is 18.2 Å². The van der Waals surface area contributed by atoms with E-state index in [-0.39, 0.29) is 0 Å². The van der Waals surface area contributed by atoms with Gasteiger partial charge in [-0.1, -0.05) is 47.8 Å². The maximum atomic E-state index is 6.04. The summed E-state index contributed by atoms with van der Waals surface area (Å²) in [7, 11) is 0. The molecule has 0 aromatic heterocycles. The van der Waals surface area contributed by atoms with Crippen LogP contribution in [0.4, 0.5) is 5.69 Å². The van der Waals surface area contributed by atoms with Crippen LogP contribution in [0, 0.1) is 5.92 Å². The Balaban J connectivity index is 2.94. The first-order valence-corrected chi connectivity index (χ1v) is 7.71. The van der Waals surface area contributed by atoms with Gasteiger partial charge in [-0.15, -0.1) is 0 Å². The summed E-state index contributed by atoms with van der Waals surface area (Å²) in [5, 5.41) is 1.66. The molecule has 0 radical (unpaired) electrons. The number of hydrogen-bond acceptors (Lipinski definition) is 1. The SMILES string of the molecule is CCC(C)CN(CC)c1ccc(Cl)cc1CBr. The Morgan fingerprint density at radius 2 is 2.06 bits per heavy atom. The second-order valence-corrected chi connectivity index (χ2v) is 5.46. The average Bonchev–Trinajstić information content (AvgIpc) is 2.35. The van der Waals surface area contributed by atoms with Crippen molar-refractivity contribution in [3.63, 3.8) is 0 Å². The van der Waals surface area contributed by atoms with Gasteiger partial charge in [-0.25, -0.2) is 0 Å². The van der Waals surface area contributed by atoms with Crippen LogP contribution in [-0.2, 0) is 5.33 Å². The van der Waals surface area contributed by atoms with Gasteiger partial charge in [-0.2, -0.15) is 0 Å². The highest BCUT2D eigenvalue weighted by Crippen LogP contribution is 2.27. The van der Waals surface area contributed by atoms with E-state index in [2.05, 4.69) is 47.7 Å². The second-order valence-electron chi connectivity index (χ2n) is 4.46. The number of halogens is 2. The molecule has 0 aliphatic rings. The number of benzene rings is 1. The predicted molar refractivity (Wildman–Crippen MR) is 81.4 cm³/mol. The van der Waals surface area contributed by atoms with Gasteiger partial charge in [-0.3, -0.25) is 0 Å². The Kier molecular flexibility index (Phi) is 6.35. The third kappa shape index (κ3) is 4.18. The largest absolute Gasteiger partial charge is 0.371 e. The van der Waals surface area contributed by atoms with Gasteiger partial charge in [0.05, 0.1) is 0 Å². The first-order chi connectivity index (χ1) is 8.12. The lowest BCUT2D eigenvalue weighted by molar-refractivity contribution is 0.547. The highest BCUT2D eigenvalue weighted by molar-refractivity contribution is 9.08. The zero-order chi connectivity index (χ0) is 12.8. The maximum absolute atomic E-state index is 6.04. The number of hydrogen-bond donors (Lipinski definition) is 0. The predicted octanol–water partition coefficient (Wildman–Crippen LogP) is 5.11. The van der Waals surface area contributed by atoms with Crippen LogP contribution in [0.2, 0.25) is 5.02 Å². The van der Waals surface area contributed by atoms with Gasteiger partial charge in [-0.05, 0) is 36.6 Å². The van der Waals surface area contributed by atoms with Crippen LogP contribution >= 0.6 is 27.5 Å². The van der Waals surface area contributed by atoms with Crippen LogP contribution in [0.5, 0.6) is 0 Å². The molecule has 0 spiro atoms.